The summed E-state index contributed by atoms with van der Waals surface area (Å²) >= 11 is 0. The second-order valence-corrected chi connectivity index (χ2v) is 5.61. The number of aliphatic carboxylic acids is 1. The lowest BCUT2D eigenvalue weighted by Gasteiger charge is -2.28. The van der Waals surface area contributed by atoms with Crippen LogP contribution in [0.5, 0.6) is 0 Å². The first-order chi connectivity index (χ1) is 11.4. The van der Waals surface area contributed by atoms with Gasteiger partial charge in [0.1, 0.15) is 18.6 Å². The quantitative estimate of drug-likeness (QED) is 0.333. The van der Waals surface area contributed by atoms with Crippen LogP contribution in [0.3, 0.4) is 0 Å². The molecule has 6 nitrogen and oxygen atoms in total. The van der Waals surface area contributed by atoms with Crippen molar-refractivity contribution in [1.29, 1.82) is 0 Å². The molecule has 24 heavy (non-hydrogen) atoms. The van der Waals surface area contributed by atoms with E-state index in [4.69, 9.17) is 9.47 Å². The lowest BCUT2D eigenvalue weighted by Crippen LogP contribution is -2.41. The summed E-state index contributed by atoms with van der Waals surface area (Å²) in [6, 6.07) is 0. The molecule has 0 heterocycles. The highest BCUT2D eigenvalue weighted by Gasteiger charge is 2.41. The first-order valence-electron chi connectivity index (χ1n) is 8.24. The SMILES string of the molecule is CC=CC(=O)OCC(CCCCCC)(COC(=O)C=CC)C(=O)O. The number of hydrogen-bond acceptors (Lipinski definition) is 5. The van der Waals surface area contributed by atoms with E-state index in [2.05, 4.69) is 6.92 Å². The Kier molecular flexibility index (Phi) is 11.2. The first-order valence-corrected chi connectivity index (χ1v) is 8.24. The number of hydrogen-bond donors (Lipinski definition) is 1. The van der Waals surface area contributed by atoms with E-state index in [1.165, 1.54) is 24.3 Å². The number of carboxylic acids is 1. The van der Waals surface area contributed by atoms with Crippen molar-refractivity contribution in [3.8, 4) is 0 Å². The fourth-order valence-corrected chi connectivity index (χ4v) is 2.09. The predicted octanol–water partition coefficient (Wildman–Crippen LogP) is 3.27. The molecule has 0 bridgehead atoms. The third kappa shape index (κ3) is 8.50. The van der Waals surface area contributed by atoms with Crippen molar-refractivity contribution in [2.75, 3.05) is 13.2 Å². The van der Waals surface area contributed by atoms with Gasteiger partial charge in [-0.05, 0) is 20.3 Å². The molecule has 136 valence electrons. The molecule has 0 unspecified atom stereocenters. The van der Waals surface area contributed by atoms with Gasteiger partial charge in [-0.25, -0.2) is 9.59 Å². The van der Waals surface area contributed by atoms with Gasteiger partial charge in [-0.2, -0.15) is 0 Å². The summed E-state index contributed by atoms with van der Waals surface area (Å²) in [5.41, 5.74) is -1.43. The van der Waals surface area contributed by atoms with Crippen molar-refractivity contribution in [3.05, 3.63) is 24.3 Å². The minimum absolute atomic E-state index is 0.272. The molecule has 0 aliphatic carbocycles. The lowest BCUT2D eigenvalue weighted by atomic mass is 9.84. The van der Waals surface area contributed by atoms with Crippen molar-refractivity contribution >= 4 is 17.9 Å². The highest BCUT2D eigenvalue weighted by Crippen LogP contribution is 2.27. The average Bonchev–Trinajstić information content (AvgIpc) is 2.53. The minimum Gasteiger partial charge on any atom is -0.481 e. The fraction of sp³-hybridized carbons (Fsp3) is 0.611. The summed E-state index contributed by atoms with van der Waals surface area (Å²) in [6.07, 6.45) is 9.27. The van der Waals surface area contributed by atoms with Crippen LogP contribution < -0.4 is 0 Å². The molecule has 0 aliphatic heterocycles. The Morgan fingerprint density at radius 2 is 1.42 bits per heavy atom. The van der Waals surface area contributed by atoms with Crippen molar-refractivity contribution in [3.63, 3.8) is 0 Å². The van der Waals surface area contributed by atoms with Crippen molar-refractivity contribution in [2.24, 2.45) is 5.41 Å². The predicted molar refractivity (Wildman–Crippen MR) is 90.4 cm³/mol. The van der Waals surface area contributed by atoms with E-state index in [1.54, 1.807) is 13.8 Å². The monoisotopic (exact) mass is 340 g/mol. The molecule has 0 fully saturated rings. The summed E-state index contributed by atoms with van der Waals surface area (Å²) in [5.74, 6) is -2.37. The van der Waals surface area contributed by atoms with E-state index in [-0.39, 0.29) is 19.6 Å². The largest absolute Gasteiger partial charge is 0.481 e. The number of allylic oxidation sites excluding steroid dienone is 2. The van der Waals surface area contributed by atoms with E-state index >= 15 is 0 Å². The molecule has 0 saturated heterocycles. The molecule has 0 aromatic carbocycles. The Morgan fingerprint density at radius 3 is 1.79 bits per heavy atom. The van der Waals surface area contributed by atoms with Crippen LogP contribution in [-0.2, 0) is 23.9 Å². The topological polar surface area (TPSA) is 89.9 Å². The molecule has 6 heteroatoms. The maximum Gasteiger partial charge on any atom is 0.330 e. The molecule has 1 N–H and O–H groups in total. The van der Waals surface area contributed by atoms with Crippen LogP contribution in [0.2, 0.25) is 0 Å². The van der Waals surface area contributed by atoms with Crippen LogP contribution in [0.15, 0.2) is 24.3 Å². The van der Waals surface area contributed by atoms with Crippen molar-refractivity contribution in [1.82, 2.24) is 0 Å². The second-order valence-electron chi connectivity index (χ2n) is 5.61. The number of esters is 2. The maximum atomic E-state index is 11.8. The standard InChI is InChI=1S/C18H28O6/c1-4-7-8-9-12-18(17(21)22,13-23-15(19)10-5-2)14-24-16(20)11-6-3/h5-6,10-11H,4,7-9,12-14H2,1-3H3,(H,21,22). The number of carbonyl (C=O) groups is 3. The Morgan fingerprint density at radius 1 is 0.917 bits per heavy atom. The molecule has 0 aromatic rings. The molecular weight excluding hydrogens is 312 g/mol. The molecule has 0 aliphatic rings. The van der Waals surface area contributed by atoms with E-state index in [1.807, 2.05) is 0 Å². The highest BCUT2D eigenvalue weighted by atomic mass is 16.5. The van der Waals surface area contributed by atoms with E-state index in [0.717, 1.165) is 19.3 Å². The van der Waals surface area contributed by atoms with Gasteiger partial charge in [0.15, 0.2) is 0 Å². The number of ether oxygens (including phenoxy) is 2. The Hall–Kier alpha value is -2.11. The zero-order valence-corrected chi connectivity index (χ0v) is 14.7. The van der Waals surface area contributed by atoms with Crippen molar-refractivity contribution < 1.29 is 29.0 Å². The van der Waals surface area contributed by atoms with Gasteiger partial charge in [-0.15, -0.1) is 0 Å². The van der Waals surface area contributed by atoms with E-state index in [9.17, 15) is 19.5 Å². The number of rotatable bonds is 12. The Balaban J connectivity index is 5.03. The Labute approximate surface area is 143 Å². The zero-order chi connectivity index (χ0) is 18.4. The van der Waals surface area contributed by atoms with Gasteiger partial charge in [0.2, 0.25) is 0 Å². The smallest absolute Gasteiger partial charge is 0.330 e. The van der Waals surface area contributed by atoms with Crippen LogP contribution in [-0.4, -0.2) is 36.2 Å². The van der Waals surface area contributed by atoms with Crippen LogP contribution in [0.4, 0.5) is 0 Å². The van der Waals surface area contributed by atoms with Crippen LogP contribution in [0.25, 0.3) is 0 Å². The molecule has 0 atom stereocenters. The summed E-state index contributed by atoms with van der Waals surface area (Å²) < 4.78 is 10.1. The van der Waals surface area contributed by atoms with Gasteiger partial charge in [0.05, 0.1) is 0 Å². The molecule has 0 aromatic heterocycles. The van der Waals surface area contributed by atoms with Gasteiger partial charge >= 0.3 is 17.9 Å². The molecule has 0 amide bonds. The number of carbonyl (C=O) groups excluding carboxylic acids is 2. The highest BCUT2D eigenvalue weighted by molar-refractivity contribution is 5.83. The van der Waals surface area contributed by atoms with E-state index < -0.39 is 23.3 Å². The third-order valence-corrected chi connectivity index (χ3v) is 3.55. The number of unbranched alkanes of at least 4 members (excludes halogenated alkanes) is 3. The fourth-order valence-electron chi connectivity index (χ4n) is 2.09. The molecule has 0 radical (unpaired) electrons. The minimum atomic E-state index is -1.43. The van der Waals surface area contributed by atoms with Crippen LogP contribution in [0.1, 0.15) is 52.9 Å². The molecule has 0 spiro atoms. The maximum absolute atomic E-state index is 11.8. The molecule has 0 rings (SSSR count). The first kappa shape index (κ1) is 21.9. The lowest BCUT2D eigenvalue weighted by molar-refractivity contribution is -0.165. The van der Waals surface area contributed by atoms with Gasteiger partial charge in [-0.1, -0.05) is 44.8 Å². The van der Waals surface area contributed by atoms with Gasteiger partial charge in [0.25, 0.3) is 0 Å². The second kappa shape index (κ2) is 12.3. The van der Waals surface area contributed by atoms with Gasteiger partial charge in [-0.3, -0.25) is 4.79 Å². The summed E-state index contributed by atoms with van der Waals surface area (Å²) in [5, 5.41) is 9.65. The molecular formula is C18H28O6. The summed E-state index contributed by atoms with van der Waals surface area (Å²) in [4.78, 5) is 34.8. The normalized spacial score (nSPS) is 13.8. The summed E-state index contributed by atoms with van der Waals surface area (Å²) in [6.45, 7) is 4.72. The molecule has 0 saturated carbocycles. The van der Waals surface area contributed by atoms with Crippen LogP contribution in [0, 0.1) is 5.41 Å². The zero-order valence-electron chi connectivity index (χ0n) is 14.7. The average molecular weight is 340 g/mol. The number of carboxylic acid groups (broad SMARTS) is 1. The van der Waals surface area contributed by atoms with Gasteiger partial charge < -0.3 is 14.6 Å². The van der Waals surface area contributed by atoms with Crippen molar-refractivity contribution in [2.45, 2.75) is 52.9 Å². The summed E-state index contributed by atoms with van der Waals surface area (Å²) in [7, 11) is 0. The van der Waals surface area contributed by atoms with E-state index in [0.29, 0.717) is 6.42 Å². The Bertz CT molecular complexity index is 436. The third-order valence-electron chi connectivity index (χ3n) is 3.55. The van der Waals surface area contributed by atoms with Gasteiger partial charge in [0, 0.05) is 12.2 Å². The van der Waals surface area contributed by atoms with Crippen LogP contribution >= 0.6 is 0 Å².